The van der Waals surface area contributed by atoms with E-state index in [1.54, 1.807) is 12.1 Å². The van der Waals surface area contributed by atoms with E-state index in [0.29, 0.717) is 12.8 Å². The number of halogens is 1. The molecule has 3 rings (SSSR count). The largest absolute Gasteiger partial charge is 0.363 e. The van der Waals surface area contributed by atoms with Gasteiger partial charge in [0, 0.05) is 33.3 Å². The summed E-state index contributed by atoms with van der Waals surface area (Å²) < 4.78 is 13.0. The number of carbonyl (C=O) groups excluding carboxylic acids is 1. The molecular weight excluding hydrogens is 317 g/mol. The van der Waals surface area contributed by atoms with E-state index in [-0.39, 0.29) is 17.8 Å². The maximum absolute atomic E-state index is 13.0. The molecule has 0 aliphatic carbocycles. The maximum atomic E-state index is 13.0. The third-order valence-corrected chi connectivity index (χ3v) is 4.73. The van der Waals surface area contributed by atoms with Crippen LogP contribution in [0.3, 0.4) is 0 Å². The first-order chi connectivity index (χ1) is 12.0. The molecule has 1 fully saturated rings. The topological polar surface area (TPSA) is 36.4 Å². The quantitative estimate of drug-likeness (QED) is 0.834. The van der Waals surface area contributed by atoms with Gasteiger partial charge in [0.2, 0.25) is 5.91 Å². The van der Waals surface area contributed by atoms with Crippen molar-refractivity contribution in [2.24, 2.45) is 0 Å². The van der Waals surface area contributed by atoms with Gasteiger partial charge in [-0.05, 0) is 54.7 Å². The minimum atomic E-state index is -0.246. The number of benzene rings is 1. The minimum absolute atomic E-state index is 0.127. The fourth-order valence-electron chi connectivity index (χ4n) is 3.34. The third kappa shape index (κ3) is 4.16. The second-order valence-corrected chi connectivity index (χ2v) is 6.71. The lowest BCUT2D eigenvalue weighted by atomic mass is 10.0. The van der Waals surface area contributed by atoms with Gasteiger partial charge in [0.1, 0.15) is 11.6 Å². The first kappa shape index (κ1) is 17.4. The molecule has 1 aromatic heterocycles. The van der Waals surface area contributed by atoms with Crippen LogP contribution in [-0.2, 0) is 11.2 Å². The van der Waals surface area contributed by atoms with Crippen LogP contribution in [0.2, 0.25) is 0 Å². The van der Waals surface area contributed by atoms with Crippen molar-refractivity contribution in [3.8, 4) is 0 Å². The summed E-state index contributed by atoms with van der Waals surface area (Å²) >= 11 is 0. The van der Waals surface area contributed by atoms with Crippen LogP contribution in [0.1, 0.15) is 36.4 Å². The number of pyridine rings is 1. The predicted molar refractivity (Wildman–Crippen MR) is 97.0 cm³/mol. The Morgan fingerprint density at radius 2 is 2.04 bits per heavy atom. The van der Waals surface area contributed by atoms with Gasteiger partial charge in [0.25, 0.3) is 0 Å². The highest BCUT2D eigenvalue weighted by Crippen LogP contribution is 2.33. The van der Waals surface area contributed by atoms with E-state index in [9.17, 15) is 9.18 Å². The zero-order valence-electron chi connectivity index (χ0n) is 14.8. The molecule has 1 aromatic carbocycles. The molecule has 0 unspecified atom stereocenters. The molecule has 1 atom stereocenters. The molecule has 0 spiro atoms. The van der Waals surface area contributed by atoms with Crippen LogP contribution in [0.5, 0.6) is 0 Å². The van der Waals surface area contributed by atoms with Crippen LogP contribution in [0, 0.1) is 5.82 Å². The molecule has 1 amide bonds. The number of aryl methyl sites for hydroxylation is 1. The van der Waals surface area contributed by atoms with Gasteiger partial charge in [-0.25, -0.2) is 9.37 Å². The summed E-state index contributed by atoms with van der Waals surface area (Å²) in [5, 5.41) is 0. The summed E-state index contributed by atoms with van der Waals surface area (Å²) in [5.74, 6) is 0.821. The first-order valence-corrected chi connectivity index (χ1v) is 8.72. The van der Waals surface area contributed by atoms with Crippen LogP contribution in [0.4, 0.5) is 10.2 Å². The molecule has 1 aliphatic rings. The lowest BCUT2D eigenvalue weighted by molar-refractivity contribution is -0.132. The summed E-state index contributed by atoms with van der Waals surface area (Å²) in [5.41, 5.74) is 2.13. The fourth-order valence-corrected chi connectivity index (χ4v) is 3.34. The van der Waals surface area contributed by atoms with E-state index in [2.05, 4.69) is 11.1 Å². The molecule has 0 saturated carbocycles. The van der Waals surface area contributed by atoms with Crippen molar-refractivity contribution in [3.05, 3.63) is 59.5 Å². The predicted octanol–water partition coefficient (Wildman–Crippen LogP) is 3.58. The molecule has 2 aromatic rings. The van der Waals surface area contributed by atoms with Crippen LogP contribution in [-0.4, -0.2) is 36.4 Å². The monoisotopic (exact) mass is 341 g/mol. The average molecular weight is 341 g/mol. The number of amides is 1. The van der Waals surface area contributed by atoms with Gasteiger partial charge in [-0.1, -0.05) is 12.1 Å². The van der Waals surface area contributed by atoms with Crippen molar-refractivity contribution in [2.45, 2.75) is 31.7 Å². The van der Waals surface area contributed by atoms with Gasteiger partial charge in [-0.15, -0.1) is 0 Å². The smallest absolute Gasteiger partial charge is 0.223 e. The van der Waals surface area contributed by atoms with Gasteiger partial charge in [0.15, 0.2) is 0 Å². The summed E-state index contributed by atoms with van der Waals surface area (Å²) in [7, 11) is 3.93. The molecule has 1 saturated heterocycles. The highest BCUT2D eigenvalue weighted by Gasteiger charge is 2.29. The highest BCUT2D eigenvalue weighted by molar-refractivity contribution is 5.77. The fraction of sp³-hybridized carbons (Fsp3) is 0.400. The number of rotatable bonds is 5. The lowest BCUT2D eigenvalue weighted by Crippen LogP contribution is -2.30. The Labute approximate surface area is 148 Å². The Morgan fingerprint density at radius 3 is 2.76 bits per heavy atom. The number of likely N-dealkylation sites (tertiary alicyclic amines) is 1. The van der Waals surface area contributed by atoms with E-state index in [4.69, 9.17) is 0 Å². The van der Waals surface area contributed by atoms with E-state index >= 15 is 0 Å². The molecule has 1 aliphatic heterocycles. The number of hydrogen-bond acceptors (Lipinski definition) is 3. The summed E-state index contributed by atoms with van der Waals surface area (Å²) in [4.78, 5) is 21.0. The van der Waals surface area contributed by atoms with Crippen molar-refractivity contribution < 1.29 is 9.18 Å². The molecule has 4 nitrogen and oxygen atoms in total. The summed E-state index contributed by atoms with van der Waals surface area (Å²) in [6.07, 6.45) is 4.91. The van der Waals surface area contributed by atoms with Gasteiger partial charge < -0.3 is 9.80 Å². The zero-order valence-corrected chi connectivity index (χ0v) is 14.8. The van der Waals surface area contributed by atoms with Crippen molar-refractivity contribution in [1.82, 2.24) is 9.88 Å². The van der Waals surface area contributed by atoms with Crippen molar-refractivity contribution >= 4 is 11.7 Å². The number of hydrogen-bond donors (Lipinski definition) is 0. The molecule has 0 radical (unpaired) electrons. The van der Waals surface area contributed by atoms with Crippen molar-refractivity contribution in [3.63, 3.8) is 0 Å². The van der Waals surface area contributed by atoms with Gasteiger partial charge >= 0.3 is 0 Å². The number of carbonyl (C=O) groups is 1. The van der Waals surface area contributed by atoms with Crippen LogP contribution >= 0.6 is 0 Å². The maximum Gasteiger partial charge on any atom is 0.223 e. The number of anilines is 1. The second kappa shape index (κ2) is 7.64. The summed E-state index contributed by atoms with van der Waals surface area (Å²) in [6, 6.07) is 10.6. The van der Waals surface area contributed by atoms with E-state index < -0.39 is 0 Å². The SMILES string of the molecule is CN(C)c1cc([C@H]2CCCN2C(=O)CCc2ccc(F)cc2)ccn1. The van der Waals surface area contributed by atoms with Crippen molar-refractivity contribution in [1.29, 1.82) is 0 Å². The molecule has 5 heteroatoms. The molecule has 2 heterocycles. The molecular formula is C20H24FN3O. The average Bonchev–Trinajstić information content (AvgIpc) is 3.11. The number of nitrogens with zero attached hydrogens (tertiary/aromatic N) is 3. The summed E-state index contributed by atoms with van der Waals surface area (Å²) in [6.45, 7) is 0.798. The van der Waals surface area contributed by atoms with Gasteiger partial charge in [0.05, 0.1) is 6.04 Å². The van der Waals surface area contributed by atoms with E-state index in [0.717, 1.165) is 36.3 Å². The lowest BCUT2D eigenvalue weighted by Gasteiger charge is -2.26. The Balaban J connectivity index is 1.67. The Morgan fingerprint density at radius 1 is 1.28 bits per heavy atom. The third-order valence-electron chi connectivity index (χ3n) is 4.73. The van der Waals surface area contributed by atoms with Crippen LogP contribution in [0.25, 0.3) is 0 Å². The second-order valence-electron chi connectivity index (χ2n) is 6.71. The van der Waals surface area contributed by atoms with Gasteiger partial charge in [-0.3, -0.25) is 4.79 Å². The standard InChI is InChI=1S/C20H24FN3O/c1-23(2)19-14-16(11-12-22-19)18-4-3-13-24(18)20(25)10-7-15-5-8-17(21)9-6-15/h5-6,8-9,11-12,14,18H,3-4,7,10,13H2,1-2H3/t18-/m1/s1. The molecule has 132 valence electrons. The first-order valence-electron chi connectivity index (χ1n) is 8.72. The minimum Gasteiger partial charge on any atom is -0.363 e. The zero-order chi connectivity index (χ0) is 17.8. The highest BCUT2D eigenvalue weighted by atomic mass is 19.1. The molecule has 25 heavy (non-hydrogen) atoms. The van der Waals surface area contributed by atoms with E-state index in [1.165, 1.54) is 12.1 Å². The van der Waals surface area contributed by atoms with E-state index in [1.807, 2.05) is 36.2 Å². The Hall–Kier alpha value is -2.43. The Bertz CT molecular complexity index is 730. The van der Waals surface area contributed by atoms with Crippen LogP contribution in [0.15, 0.2) is 42.6 Å². The normalized spacial score (nSPS) is 16.9. The van der Waals surface area contributed by atoms with Crippen LogP contribution < -0.4 is 4.90 Å². The molecule has 0 N–H and O–H groups in total. The molecule has 0 bridgehead atoms. The number of aromatic nitrogens is 1. The Kier molecular flexibility index (Phi) is 5.31. The van der Waals surface area contributed by atoms with Crippen molar-refractivity contribution in [2.75, 3.05) is 25.5 Å². The van der Waals surface area contributed by atoms with Gasteiger partial charge in [-0.2, -0.15) is 0 Å².